The second-order valence-corrected chi connectivity index (χ2v) is 1.99. The van der Waals surface area contributed by atoms with Crippen LogP contribution in [0, 0.1) is 0 Å². The molecule has 0 aromatic heterocycles. The van der Waals surface area contributed by atoms with Crippen molar-refractivity contribution in [2.45, 2.75) is 0 Å². The van der Waals surface area contributed by atoms with E-state index in [0.717, 1.165) is 6.54 Å². The van der Waals surface area contributed by atoms with Gasteiger partial charge in [-0.2, -0.15) is 0 Å². The van der Waals surface area contributed by atoms with Crippen LogP contribution >= 0.6 is 0 Å². The molecule has 1 radical (unpaired) electrons. The predicted molar refractivity (Wildman–Crippen MR) is 33.4 cm³/mol. The first-order valence-electron chi connectivity index (χ1n) is 2.78. The summed E-state index contributed by atoms with van der Waals surface area (Å²) in [6.07, 6.45) is 10.6. The van der Waals surface area contributed by atoms with Crippen LogP contribution in [0.3, 0.4) is 0 Å². The lowest BCUT2D eigenvalue weighted by molar-refractivity contribution is 0.746. The second kappa shape index (κ2) is 1.33. The summed E-state index contributed by atoms with van der Waals surface area (Å²) in [6, 6.07) is 0. The third-order valence-electron chi connectivity index (χ3n) is 1.46. The number of nitrogens with zero attached hydrogens (tertiary/aromatic N) is 1. The van der Waals surface area contributed by atoms with Crippen molar-refractivity contribution in [2.75, 3.05) is 6.54 Å². The van der Waals surface area contributed by atoms with Crippen LogP contribution in [0.15, 0.2) is 36.2 Å². The van der Waals surface area contributed by atoms with Gasteiger partial charge >= 0.3 is 0 Å². The fraction of sp³-hybridized carbons (Fsp3) is 0.143. The fourth-order valence-corrected chi connectivity index (χ4v) is 1.03. The van der Waals surface area contributed by atoms with Crippen molar-refractivity contribution in [2.24, 2.45) is 0 Å². The minimum atomic E-state index is 1.06. The van der Waals surface area contributed by atoms with Crippen molar-refractivity contribution in [3.63, 3.8) is 0 Å². The fourth-order valence-electron chi connectivity index (χ4n) is 1.03. The number of rotatable bonds is 0. The molecule has 2 heterocycles. The number of fused-ring (bicyclic) bond motifs is 1. The summed E-state index contributed by atoms with van der Waals surface area (Å²) in [4.78, 5) is 2.21. The summed E-state index contributed by atoms with van der Waals surface area (Å²) in [6.45, 7) is 1.06. The van der Waals surface area contributed by atoms with Crippen LogP contribution in [0.4, 0.5) is 0 Å². The Kier molecular flexibility index (Phi) is 0.680. The lowest BCUT2D eigenvalue weighted by Gasteiger charge is -1.89. The summed E-state index contributed by atoms with van der Waals surface area (Å²) in [5.74, 6) is 0. The minimum absolute atomic E-state index is 1.06. The van der Waals surface area contributed by atoms with E-state index in [1.165, 1.54) is 5.70 Å². The third kappa shape index (κ3) is 0.393. The average molecular weight is 105 g/mol. The molecule has 2 aliphatic rings. The molecule has 0 aromatic carbocycles. The van der Waals surface area contributed by atoms with Crippen LogP contribution < -0.4 is 4.90 Å². The molecule has 1 heteroatoms. The molecule has 0 aliphatic carbocycles. The number of hydrogen-bond donors (Lipinski definition) is 0. The van der Waals surface area contributed by atoms with Gasteiger partial charge in [-0.1, -0.05) is 4.90 Å². The Morgan fingerprint density at radius 1 is 1.50 bits per heavy atom. The molecule has 0 fully saturated rings. The largest absolute Gasteiger partial charge is 0.186 e. The lowest BCUT2D eigenvalue weighted by atomic mass is 10.4. The summed E-state index contributed by atoms with van der Waals surface area (Å²) in [7, 11) is 0. The Bertz CT molecular complexity index is 187. The first kappa shape index (κ1) is 4.10. The Balaban J connectivity index is 2.39. The zero-order valence-corrected chi connectivity index (χ0v) is 4.54. The third-order valence-corrected chi connectivity index (χ3v) is 1.46. The zero-order valence-electron chi connectivity index (χ0n) is 4.54. The first-order valence-corrected chi connectivity index (χ1v) is 2.78. The Morgan fingerprint density at radius 2 is 2.50 bits per heavy atom. The van der Waals surface area contributed by atoms with Crippen molar-refractivity contribution >= 4 is 0 Å². The number of allylic oxidation sites excluding steroid dienone is 3. The van der Waals surface area contributed by atoms with E-state index in [2.05, 4.69) is 35.4 Å². The molecule has 0 saturated heterocycles. The van der Waals surface area contributed by atoms with E-state index in [4.69, 9.17) is 0 Å². The Labute approximate surface area is 48.6 Å². The maximum Gasteiger partial charge on any atom is 0.186 e. The van der Waals surface area contributed by atoms with Gasteiger partial charge in [0.2, 0.25) is 0 Å². The van der Waals surface area contributed by atoms with Crippen LogP contribution in [-0.2, 0) is 0 Å². The quantitative estimate of drug-likeness (QED) is 0.407. The summed E-state index contributed by atoms with van der Waals surface area (Å²) in [5, 5.41) is 0. The highest BCUT2D eigenvalue weighted by Crippen LogP contribution is 2.14. The van der Waals surface area contributed by atoms with E-state index in [-0.39, 0.29) is 0 Å². The van der Waals surface area contributed by atoms with Crippen molar-refractivity contribution in [1.82, 2.24) is 4.90 Å². The molecule has 0 unspecified atom stereocenters. The molecule has 0 aromatic rings. The molecule has 0 spiro atoms. The zero-order chi connectivity index (χ0) is 5.40. The standard InChI is InChI=1S/C7H7N/c1-3-7-4-2-6-8(7)5-1/h1-5H,6H2/q+1. The first-order chi connectivity index (χ1) is 3.97. The van der Waals surface area contributed by atoms with E-state index in [1.807, 2.05) is 0 Å². The van der Waals surface area contributed by atoms with Gasteiger partial charge in [-0.3, -0.25) is 0 Å². The maximum atomic E-state index is 2.21. The van der Waals surface area contributed by atoms with Gasteiger partial charge in [0.05, 0.1) is 0 Å². The highest BCUT2D eigenvalue weighted by Gasteiger charge is 2.22. The molecule has 0 saturated carbocycles. The smallest absolute Gasteiger partial charge is 0.0999 e. The van der Waals surface area contributed by atoms with Crippen molar-refractivity contribution in [3.05, 3.63) is 36.2 Å². The van der Waals surface area contributed by atoms with E-state index >= 15 is 0 Å². The SMILES string of the molecule is C1=C[N+]2CC=CC2=C1. The molecule has 0 N–H and O–H groups in total. The lowest BCUT2D eigenvalue weighted by Crippen LogP contribution is -2.13. The molecule has 0 amide bonds. The van der Waals surface area contributed by atoms with E-state index in [9.17, 15) is 0 Å². The molecule has 39 valence electrons. The molecular weight excluding hydrogens is 98.1 g/mol. The monoisotopic (exact) mass is 105 g/mol. The highest BCUT2D eigenvalue weighted by atomic mass is 15.1. The van der Waals surface area contributed by atoms with Gasteiger partial charge in [0.15, 0.2) is 18.4 Å². The summed E-state index contributed by atoms with van der Waals surface area (Å²) < 4.78 is 0. The van der Waals surface area contributed by atoms with Crippen molar-refractivity contribution in [1.29, 1.82) is 0 Å². The normalized spacial score (nSPS) is 24.2. The van der Waals surface area contributed by atoms with Crippen LogP contribution in [0.25, 0.3) is 0 Å². The molecule has 2 aliphatic heterocycles. The van der Waals surface area contributed by atoms with Crippen LogP contribution in [0.5, 0.6) is 0 Å². The van der Waals surface area contributed by atoms with Gasteiger partial charge in [-0.05, 0) is 6.08 Å². The van der Waals surface area contributed by atoms with Crippen LogP contribution in [-0.4, -0.2) is 6.54 Å². The van der Waals surface area contributed by atoms with Gasteiger partial charge in [0.25, 0.3) is 0 Å². The van der Waals surface area contributed by atoms with Gasteiger partial charge in [-0.25, -0.2) is 0 Å². The van der Waals surface area contributed by atoms with Gasteiger partial charge < -0.3 is 0 Å². The van der Waals surface area contributed by atoms with Crippen LogP contribution in [0.2, 0.25) is 0 Å². The van der Waals surface area contributed by atoms with Gasteiger partial charge in [-0.15, -0.1) is 0 Å². The maximum absolute atomic E-state index is 2.21. The van der Waals surface area contributed by atoms with Crippen LogP contribution in [0.1, 0.15) is 0 Å². The molecule has 8 heavy (non-hydrogen) atoms. The topological polar surface area (TPSA) is 5.90 Å². The van der Waals surface area contributed by atoms with Crippen molar-refractivity contribution < 1.29 is 0 Å². The Hall–Kier alpha value is -0.820. The second-order valence-electron chi connectivity index (χ2n) is 1.99. The summed E-state index contributed by atoms with van der Waals surface area (Å²) >= 11 is 0. The molecular formula is C7H7N+. The molecule has 1 nitrogen and oxygen atoms in total. The highest BCUT2D eigenvalue weighted by molar-refractivity contribution is 5.37. The predicted octanol–water partition coefficient (Wildman–Crippen LogP) is 1.11. The van der Waals surface area contributed by atoms with Gasteiger partial charge in [0.1, 0.15) is 0 Å². The molecule has 0 bridgehead atoms. The molecule has 2 rings (SSSR count). The Morgan fingerprint density at radius 3 is 3.38 bits per heavy atom. The van der Waals surface area contributed by atoms with E-state index in [1.54, 1.807) is 0 Å². The van der Waals surface area contributed by atoms with E-state index < -0.39 is 0 Å². The van der Waals surface area contributed by atoms with E-state index in [0.29, 0.717) is 0 Å². The van der Waals surface area contributed by atoms with Gasteiger partial charge in [0, 0.05) is 18.2 Å². The minimum Gasteiger partial charge on any atom is -0.0999 e. The number of hydrogen-bond acceptors (Lipinski definition) is 1. The summed E-state index contributed by atoms with van der Waals surface area (Å²) in [5.41, 5.74) is 1.32. The average Bonchev–Trinajstić information content (AvgIpc) is 2.15. The van der Waals surface area contributed by atoms with Crippen molar-refractivity contribution in [3.8, 4) is 0 Å². The molecule has 0 atom stereocenters.